The second kappa shape index (κ2) is 6.49. The van der Waals surface area contributed by atoms with Crippen LogP contribution in [0.15, 0.2) is 36.4 Å². The number of nitrogens with one attached hydrogen (secondary N) is 3. The molecule has 0 saturated carbocycles. The highest BCUT2D eigenvalue weighted by atomic mass is 35.5. The predicted octanol–water partition coefficient (Wildman–Crippen LogP) is 3.86. The van der Waals surface area contributed by atoms with Crippen molar-refractivity contribution in [3.8, 4) is 0 Å². The van der Waals surface area contributed by atoms with Crippen LogP contribution in [0.2, 0.25) is 5.02 Å². The number of rotatable bonds is 3. The van der Waals surface area contributed by atoms with Crippen LogP contribution in [0.25, 0.3) is 0 Å². The quantitative estimate of drug-likeness (QED) is 0.789. The predicted molar refractivity (Wildman–Crippen MR) is 90.8 cm³/mol. The van der Waals surface area contributed by atoms with Gasteiger partial charge in [-0.15, -0.1) is 0 Å². The van der Waals surface area contributed by atoms with E-state index in [1.165, 1.54) is 18.2 Å². The van der Waals surface area contributed by atoms with Gasteiger partial charge >= 0.3 is 6.03 Å². The van der Waals surface area contributed by atoms with Gasteiger partial charge in [0.15, 0.2) is 0 Å². The van der Waals surface area contributed by atoms with Gasteiger partial charge in [-0.1, -0.05) is 23.7 Å². The van der Waals surface area contributed by atoms with Crippen molar-refractivity contribution in [2.24, 2.45) is 0 Å². The first kappa shape index (κ1) is 16.3. The minimum Gasteiger partial charge on any atom is -0.331 e. The smallest absolute Gasteiger partial charge is 0.319 e. The summed E-state index contributed by atoms with van der Waals surface area (Å²) in [4.78, 5) is 23.4. The molecule has 0 spiro atoms. The van der Waals surface area contributed by atoms with Gasteiger partial charge in [0.1, 0.15) is 5.82 Å². The Morgan fingerprint density at radius 3 is 2.88 bits per heavy atom. The number of fused-ring (bicyclic) bond motifs is 1. The van der Waals surface area contributed by atoms with E-state index < -0.39 is 11.8 Å². The molecule has 0 unspecified atom stereocenters. The molecule has 1 atom stereocenters. The van der Waals surface area contributed by atoms with E-state index in [1.807, 2.05) is 18.2 Å². The van der Waals surface area contributed by atoms with E-state index in [9.17, 15) is 14.0 Å². The molecule has 2 aromatic rings. The normalized spacial score (nSPS) is 13.9. The monoisotopic (exact) mass is 347 g/mol. The molecule has 3 amide bonds. The van der Waals surface area contributed by atoms with Gasteiger partial charge in [0, 0.05) is 10.7 Å². The number of benzene rings is 2. The van der Waals surface area contributed by atoms with Crippen molar-refractivity contribution in [2.75, 3.05) is 10.6 Å². The first-order chi connectivity index (χ1) is 11.4. The van der Waals surface area contributed by atoms with Gasteiger partial charge in [0.05, 0.1) is 18.2 Å². The highest BCUT2D eigenvalue weighted by molar-refractivity contribution is 6.30. The Hall–Kier alpha value is -2.60. The van der Waals surface area contributed by atoms with Crippen LogP contribution in [0, 0.1) is 5.82 Å². The topological polar surface area (TPSA) is 70.2 Å². The maximum atomic E-state index is 13.6. The molecule has 0 bridgehead atoms. The van der Waals surface area contributed by atoms with Crippen LogP contribution in [-0.4, -0.2) is 11.9 Å². The summed E-state index contributed by atoms with van der Waals surface area (Å²) in [7, 11) is 0. The van der Waals surface area contributed by atoms with E-state index in [-0.39, 0.29) is 17.6 Å². The summed E-state index contributed by atoms with van der Waals surface area (Å²) >= 11 is 5.80. The maximum absolute atomic E-state index is 13.6. The number of carbonyl (C=O) groups is 2. The number of carbonyl (C=O) groups excluding carboxylic acids is 2. The average molecular weight is 348 g/mol. The Bertz CT molecular complexity index is 825. The molecule has 0 saturated heterocycles. The Labute approximate surface area is 143 Å². The third kappa shape index (κ3) is 3.49. The molecule has 1 aliphatic rings. The fraction of sp³-hybridized carbons (Fsp3) is 0.176. The lowest BCUT2D eigenvalue weighted by molar-refractivity contribution is -0.115. The molecule has 124 valence electrons. The van der Waals surface area contributed by atoms with Crippen molar-refractivity contribution in [3.05, 3.63) is 58.4 Å². The minimum atomic E-state index is -0.565. The molecule has 0 fully saturated rings. The summed E-state index contributed by atoms with van der Waals surface area (Å²) in [6.45, 7) is 1.81. The van der Waals surface area contributed by atoms with Crippen molar-refractivity contribution in [1.82, 2.24) is 5.32 Å². The molecule has 7 heteroatoms. The number of amides is 3. The Morgan fingerprint density at radius 2 is 2.08 bits per heavy atom. The van der Waals surface area contributed by atoms with E-state index in [0.29, 0.717) is 11.4 Å². The van der Waals surface area contributed by atoms with Gasteiger partial charge in [-0.3, -0.25) is 4.79 Å². The molecule has 0 aliphatic carbocycles. The fourth-order valence-corrected chi connectivity index (χ4v) is 2.72. The summed E-state index contributed by atoms with van der Waals surface area (Å²) in [5, 5.41) is 8.25. The van der Waals surface area contributed by atoms with Crippen LogP contribution in [0.1, 0.15) is 24.1 Å². The van der Waals surface area contributed by atoms with Crippen molar-refractivity contribution >= 4 is 34.9 Å². The zero-order valence-corrected chi connectivity index (χ0v) is 13.6. The largest absolute Gasteiger partial charge is 0.331 e. The van der Waals surface area contributed by atoms with E-state index in [2.05, 4.69) is 16.0 Å². The third-order valence-electron chi connectivity index (χ3n) is 3.78. The van der Waals surface area contributed by atoms with E-state index in [4.69, 9.17) is 11.6 Å². The van der Waals surface area contributed by atoms with E-state index in [1.54, 1.807) is 6.92 Å². The molecule has 0 radical (unpaired) electrons. The van der Waals surface area contributed by atoms with Gasteiger partial charge in [0.25, 0.3) is 0 Å². The highest BCUT2D eigenvalue weighted by Gasteiger charge is 2.19. The van der Waals surface area contributed by atoms with E-state index >= 15 is 0 Å². The fourth-order valence-electron chi connectivity index (χ4n) is 2.55. The molecule has 3 rings (SSSR count). The standard InChI is InChI=1S/C17H15ClFN3O2/c1-9(10-2-5-14-11(6-10)7-16(23)21-14)20-17(24)22-15-8-12(18)3-4-13(15)19/h2-6,8-9H,7H2,1H3,(H,21,23)(H2,20,22,24)/t9-/m1/s1. The molecular weight excluding hydrogens is 333 g/mol. The Kier molecular flexibility index (Phi) is 4.40. The lowest BCUT2D eigenvalue weighted by Gasteiger charge is -2.16. The number of urea groups is 1. The summed E-state index contributed by atoms with van der Waals surface area (Å²) in [6.07, 6.45) is 0.329. The molecule has 3 N–H and O–H groups in total. The molecule has 1 heterocycles. The molecule has 1 aliphatic heterocycles. The molecule has 0 aromatic heterocycles. The van der Waals surface area contributed by atoms with Crippen LogP contribution >= 0.6 is 11.6 Å². The molecular formula is C17H15ClFN3O2. The summed E-state index contributed by atoms with van der Waals surface area (Å²) in [6, 6.07) is 8.59. The highest BCUT2D eigenvalue weighted by Crippen LogP contribution is 2.26. The first-order valence-corrected chi connectivity index (χ1v) is 7.75. The van der Waals surface area contributed by atoms with Crippen LogP contribution < -0.4 is 16.0 Å². The van der Waals surface area contributed by atoms with Crippen molar-refractivity contribution in [1.29, 1.82) is 0 Å². The summed E-state index contributed by atoms with van der Waals surface area (Å²) in [5.74, 6) is -0.610. The lowest BCUT2D eigenvalue weighted by Crippen LogP contribution is -2.31. The summed E-state index contributed by atoms with van der Waals surface area (Å²) < 4.78 is 13.6. The number of anilines is 2. The van der Waals surface area contributed by atoms with Gasteiger partial charge in [-0.25, -0.2) is 9.18 Å². The zero-order valence-electron chi connectivity index (χ0n) is 12.8. The van der Waals surface area contributed by atoms with Crippen molar-refractivity contribution < 1.29 is 14.0 Å². The minimum absolute atomic E-state index is 0.0101. The zero-order chi connectivity index (χ0) is 17.3. The maximum Gasteiger partial charge on any atom is 0.319 e. The van der Waals surface area contributed by atoms with Gasteiger partial charge in [-0.2, -0.15) is 0 Å². The van der Waals surface area contributed by atoms with Crippen LogP contribution in [0.3, 0.4) is 0 Å². The SMILES string of the molecule is C[C@@H](NC(=O)Nc1cc(Cl)ccc1F)c1ccc2c(c1)CC(=O)N2. The van der Waals surface area contributed by atoms with Crippen molar-refractivity contribution in [2.45, 2.75) is 19.4 Å². The van der Waals surface area contributed by atoms with Gasteiger partial charge < -0.3 is 16.0 Å². The van der Waals surface area contributed by atoms with Crippen LogP contribution in [-0.2, 0) is 11.2 Å². The Balaban J connectivity index is 1.67. The second-order valence-corrected chi connectivity index (χ2v) is 6.02. The number of hydrogen-bond acceptors (Lipinski definition) is 2. The van der Waals surface area contributed by atoms with E-state index in [0.717, 1.165) is 16.8 Å². The first-order valence-electron chi connectivity index (χ1n) is 7.37. The second-order valence-electron chi connectivity index (χ2n) is 5.59. The van der Waals surface area contributed by atoms with Gasteiger partial charge in [0.2, 0.25) is 5.91 Å². The molecule has 5 nitrogen and oxygen atoms in total. The average Bonchev–Trinajstić information content (AvgIpc) is 2.89. The van der Waals surface area contributed by atoms with Crippen LogP contribution in [0.5, 0.6) is 0 Å². The van der Waals surface area contributed by atoms with Crippen molar-refractivity contribution in [3.63, 3.8) is 0 Å². The molecule has 24 heavy (non-hydrogen) atoms. The van der Waals surface area contributed by atoms with Gasteiger partial charge in [-0.05, 0) is 42.3 Å². The van der Waals surface area contributed by atoms with Crippen LogP contribution in [0.4, 0.5) is 20.6 Å². The summed E-state index contributed by atoms with van der Waals surface area (Å²) in [5.41, 5.74) is 2.55. The number of halogens is 2. The Morgan fingerprint density at radius 1 is 1.29 bits per heavy atom. The molecule has 2 aromatic carbocycles. The third-order valence-corrected chi connectivity index (χ3v) is 4.01. The lowest BCUT2D eigenvalue weighted by atomic mass is 10.0. The number of hydrogen-bond donors (Lipinski definition) is 3.